The first-order chi connectivity index (χ1) is 13.4. The molecule has 11 heteroatoms. The summed E-state index contributed by atoms with van der Waals surface area (Å²) < 4.78 is 79.3. The monoisotopic (exact) mass is 436 g/mol. The molecule has 0 aliphatic carbocycles. The van der Waals surface area contributed by atoms with E-state index in [9.17, 15) is 26.3 Å². The molecule has 0 radical (unpaired) electrons. The molecule has 0 fully saturated rings. The average molecular weight is 436 g/mol. The van der Waals surface area contributed by atoms with E-state index in [-0.39, 0.29) is 17.3 Å². The largest absolute Gasteiger partial charge is 0.431 e. The first kappa shape index (κ1) is 23.1. The van der Waals surface area contributed by atoms with Crippen molar-refractivity contribution < 1.29 is 26.3 Å². The van der Waals surface area contributed by atoms with E-state index >= 15 is 0 Å². The molecule has 1 aromatic carbocycles. The zero-order valence-electron chi connectivity index (χ0n) is 15.8. The Morgan fingerprint density at radius 3 is 2.38 bits per heavy atom. The van der Waals surface area contributed by atoms with E-state index in [4.69, 9.17) is 5.26 Å². The number of hydrogen-bond acceptors (Lipinski definition) is 5. The van der Waals surface area contributed by atoms with E-state index < -0.39 is 41.2 Å². The predicted octanol–water partition coefficient (Wildman–Crippen LogP) is 5.76. The van der Waals surface area contributed by atoms with Gasteiger partial charge >= 0.3 is 12.4 Å². The molecule has 0 amide bonds. The van der Waals surface area contributed by atoms with Gasteiger partial charge in [0, 0.05) is 13.0 Å². The van der Waals surface area contributed by atoms with Gasteiger partial charge in [-0.1, -0.05) is 6.92 Å². The van der Waals surface area contributed by atoms with Crippen LogP contribution in [-0.2, 0) is 6.18 Å². The number of rotatable bonds is 4. The standard InChI is InChI=1S/C18H18F6N4S/c1-4-28-16(3,9-14(27-28)18(22,23)24)15(29-5-2)26-12-7-6-11(10-25)13(8-12)17(19,20)21/h6-8H,4-5,9H2,1-3H3/b26-15-. The summed E-state index contributed by atoms with van der Waals surface area (Å²) in [6, 6.07) is 4.46. The van der Waals surface area contributed by atoms with Crippen molar-refractivity contribution in [3.63, 3.8) is 0 Å². The number of benzene rings is 1. The fraction of sp³-hybridized carbons (Fsp3) is 0.500. The first-order valence-electron chi connectivity index (χ1n) is 8.62. The SMILES string of the molecule is CCS/C(=N\c1ccc(C#N)c(C(F)(F)F)c1)C1(C)CC(C(F)(F)F)=NN1CC. The number of hydrogen-bond donors (Lipinski definition) is 0. The van der Waals surface area contributed by atoms with E-state index in [0.29, 0.717) is 5.75 Å². The van der Waals surface area contributed by atoms with Crippen LogP contribution in [0.2, 0.25) is 0 Å². The van der Waals surface area contributed by atoms with E-state index in [1.807, 2.05) is 0 Å². The van der Waals surface area contributed by atoms with Crippen LogP contribution in [0.25, 0.3) is 0 Å². The van der Waals surface area contributed by atoms with Gasteiger partial charge in [0.05, 0.1) is 22.9 Å². The van der Waals surface area contributed by atoms with Gasteiger partial charge in [0.25, 0.3) is 0 Å². The summed E-state index contributed by atoms with van der Waals surface area (Å²) in [7, 11) is 0. The van der Waals surface area contributed by atoms with Crippen molar-refractivity contribution in [3.8, 4) is 6.07 Å². The molecule has 0 N–H and O–H groups in total. The Morgan fingerprint density at radius 2 is 1.90 bits per heavy atom. The summed E-state index contributed by atoms with van der Waals surface area (Å²) in [5, 5.41) is 14.1. The van der Waals surface area contributed by atoms with E-state index in [1.165, 1.54) is 24.1 Å². The molecule has 4 nitrogen and oxygen atoms in total. The molecule has 0 spiro atoms. The van der Waals surface area contributed by atoms with Crippen molar-refractivity contribution in [2.45, 2.75) is 45.1 Å². The maximum Gasteiger partial charge on any atom is 0.431 e. The number of aliphatic imine (C=N–C) groups is 1. The third-order valence-corrected chi connectivity index (χ3v) is 5.44. The minimum atomic E-state index is -4.76. The quantitative estimate of drug-likeness (QED) is 0.342. The van der Waals surface area contributed by atoms with Crippen molar-refractivity contribution in [1.82, 2.24) is 5.01 Å². The van der Waals surface area contributed by atoms with Gasteiger partial charge in [-0.25, -0.2) is 4.99 Å². The number of halogens is 6. The van der Waals surface area contributed by atoms with E-state index in [2.05, 4.69) is 10.1 Å². The van der Waals surface area contributed by atoms with E-state index in [0.717, 1.165) is 23.9 Å². The predicted molar refractivity (Wildman–Crippen MR) is 100 cm³/mol. The summed E-state index contributed by atoms with van der Waals surface area (Å²) in [6.07, 6.45) is -9.82. The molecule has 1 atom stereocenters. The van der Waals surface area contributed by atoms with Gasteiger partial charge in [-0.2, -0.15) is 36.7 Å². The topological polar surface area (TPSA) is 51.8 Å². The summed E-state index contributed by atoms with van der Waals surface area (Å²) in [5.74, 6) is 0.454. The number of alkyl halides is 6. The average Bonchev–Trinajstić information content (AvgIpc) is 2.99. The number of nitriles is 1. The Morgan fingerprint density at radius 1 is 1.24 bits per heavy atom. The third-order valence-electron chi connectivity index (χ3n) is 4.35. The molecule has 1 aliphatic rings. The lowest BCUT2D eigenvalue weighted by Crippen LogP contribution is -2.46. The van der Waals surface area contributed by atoms with Crippen LogP contribution < -0.4 is 0 Å². The second-order valence-corrected chi connectivity index (χ2v) is 7.65. The molecule has 0 bridgehead atoms. The second kappa shape index (κ2) is 8.26. The Bertz CT molecular complexity index is 869. The molecule has 1 aliphatic heterocycles. The van der Waals surface area contributed by atoms with Gasteiger partial charge in [0.2, 0.25) is 0 Å². The molecule has 29 heavy (non-hydrogen) atoms. The zero-order chi connectivity index (χ0) is 22.0. The van der Waals surface area contributed by atoms with Gasteiger partial charge in [0.15, 0.2) is 0 Å². The van der Waals surface area contributed by atoms with Crippen LogP contribution in [0.1, 0.15) is 38.3 Å². The highest BCUT2D eigenvalue weighted by Crippen LogP contribution is 2.40. The highest BCUT2D eigenvalue weighted by molar-refractivity contribution is 8.14. The van der Waals surface area contributed by atoms with Crippen LogP contribution in [0.5, 0.6) is 0 Å². The minimum absolute atomic E-state index is 0.0926. The van der Waals surface area contributed by atoms with Crippen molar-refractivity contribution in [1.29, 1.82) is 5.26 Å². The smallest absolute Gasteiger partial charge is 0.284 e. The minimum Gasteiger partial charge on any atom is -0.284 e. The van der Waals surface area contributed by atoms with Crippen LogP contribution >= 0.6 is 11.8 Å². The lowest BCUT2D eigenvalue weighted by atomic mass is 9.96. The number of thioether (sulfide) groups is 1. The number of hydrazone groups is 1. The van der Waals surface area contributed by atoms with Crippen LogP contribution in [0.15, 0.2) is 28.3 Å². The number of nitrogens with zero attached hydrogens (tertiary/aromatic N) is 4. The molecule has 0 saturated heterocycles. The van der Waals surface area contributed by atoms with Gasteiger partial charge in [-0.05, 0) is 37.8 Å². The zero-order valence-corrected chi connectivity index (χ0v) is 16.6. The van der Waals surface area contributed by atoms with Crippen molar-refractivity contribution >= 4 is 28.2 Å². The fourth-order valence-corrected chi connectivity index (χ4v) is 3.90. The maximum atomic E-state index is 13.2. The molecule has 2 rings (SSSR count). The highest BCUT2D eigenvalue weighted by Gasteiger charge is 2.50. The van der Waals surface area contributed by atoms with Crippen molar-refractivity contribution in [2.24, 2.45) is 10.1 Å². The highest BCUT2D eigenvalue weighted by atomic mass is 32.2. The molecular formula is C18H18F6N4S. The molecule has 0 aromatic heterocycles. The van der Waals surface area contributed by atoms with Gasteiger partial charge in [-0.15, -0.1) is 11.8 Å². The summed E-state index contributed by atoms with van der Waals surface area (Å²) >= 11 is 1.14. The Labute approximate surface area is 168 Å². The fourth-order valence-electron chi connectivity index (χ4n) is 2.97. The van der Waals surface area contributed by atoms with Gasteiger partial charge < -0.3 is 0 Å². The third kappa shape index (κ3) is 4.86. The normalized spacial score (nSPS) is 20.6. The lowest BCUT2D eigenvalue weighted by molar-refractivity contribution is -0.137. The Kier molecular flexibility index (Phi) is 6.57. The first-order valence-corrected chi connectivity index (χ1v) is 9.61. The second-order valence-electron chi connectivity index (χ2n) is 6.40. The van der Waals surface area contributed by atoms with E-state index in [1.54, 1.807) is 13.8 Å². The summed E-state index contributed by atoms with van der Waals surface area (Å²) in [5.41, 5.74) is -3.98. The molecular weight excluding hydrogens is 418 g/mol. The van der Waals surface area contributed by atoms with Crippen LogP contribution in [-0.4, -0.2) is 39.8 Å². The van der Waals surface area contributed by atoms with Crippen LogP contribution in [0.4, 0.5) is 32.0 Å². The van der Waals surface area contributed by atoms with Crippen LogP contribution in [0, 0.1) is 11.3 Å². The lowest BCUT2D eigenvalue weighted by Gasteiger charge is -2.34. The van der Waals surface area contributed by atoms with Crippen molar-refractivity contribution in [2.75, 3.05) is 12.3 Å². The summed E-state index contributed by atoms with van der Waals surface area (Å²) in [4.78, 5) is 4.25. The Balaban J connectivity index is 2.55. The molecule has 1 aromatic rings. The maximum absolute atomic E-state index is 13.2. The summed E-state index contributed by atoms with van der Waals surface area (Å²) in [6.45, 7) is 5.11. The van der Waals surface area contributed by atoms with Crippen molar-refractivity contribution in [3.05, 3.63) is 29.3 Å². The van der Waals surface area contributed by atoms with Gasteiger partial charge in [0.1, 0.15) is 16.3 Å². The van der Waals surface area contributed by atoms with Gasteiger partial charge in [-0.3, -0.25) is 5.01 Å². The van der Waals surface area contributed by atoms with Crippen LogP contribution in [0.3, 0.4) is 0 Å². The molecule has 0 saturated carbocycles. The molecule has 1 unspecified atom stereocenters. The molecule has 1 heterocycles. The Hall–Kier alpha value is -2.22. The molecule has 158 valence electrons.